The van der Waals surface area contributed by atoms with Gasteiger partial charge in [-0.25, -0.2) is 0 Å². The summed E-state index contributed by atoms with van der Waals surface area (Å²) in [4.78, 5) is 55.9. The molecule has 1 aliphatic carbocycles. The number of hydrogen-bond acceptors (Lipinski definition) is 5. The molecule has 0 unspecified atom stereocenters. The van der Waals surface area contributed by atoms with Gasteiger partial charge in [-0.1, -0.05) is 37.5 Å². The number of para-hydroxylation sites is 1. The Kier molecular flexibility index (Phi) is 6.67. The van der Waals surface area contributed by atoms with E-state index in [1.807, 2.05) is 24.3 Å². The number of nitrogens with one attached hydrogen (secondary N) is 2. The molecule has 0 radical (unpaired) electrons. The highest BCUT2D eigenvalue weighted by molar-refractivity contribution is 5.97. The number of nitrogens with zero attached hydrogens (tertiary/aromatic N) is 2. The minimum Gasteiger partial charge on any atom is -0.496 e. The normalized spacial score (nSPS) is 28.7. The highest BCUT2D eigenvalue weighted by atomic mass is 16.5. The molecule has 9 nitrogen and oxygen atoms in total. The summed E-state index contributed by atoms with van der Waals surface area (Å²) in [6.45, 7) is 0.711. The van der Waals surface area contributed by atoms with E-state index in [4.69, 9.17) is 4.74 Å². The molecular formula is C26H34N4O5. The van der Waals surface area contributed by atoms with Crippen molar-refractivity contribution in [3.05, 3.63) is 29.8 Å². The first kappa shape index (κ1) is 23.6. The number of likely N-dealkylation sites (tertiary alicyclic amines) is 1. The molecule has 3 heterocycles. The van der Waals surface area contributed by atoms with Crippen LogP contribution in [-0.2, 0) is 25.6 Å². The molecule has 5 rings (SSSR count). The Balaban J connectivity index is 1.28. The van der Waals surface area contributed by atoms with E-state index in [1.165, 1.54) is 6.42 Å². The van der Waals surface area contributed by atoms with E-state index in [9.17, 15) is 19.2 Å². The summed E-state index contributed by atoms with van der Waals surface area (Å²) < 4.78 is 5.38. The van der Waals surface area contributed by atoms with Gasteiger partial charge in [0.05, 0.1) is 19.6 Å². The van der Waals surface area contributed by atoms with Crippen molar-refractivity contribution in [3.63, 3.8) is 0 Å². The fraction of sp³-hybridized carbons (Fsp3) is 0.615. The number of carbonyl (C=O) groups excluding carboxylic acids is 4. The van der Waals surface area contributed by atoms with E-state index in [0.717, 1.165) is 31.2 Å². The van der Waals surface area contributed by atoms with Gasteiger partial charge < -0.3 is 25.2 Å². The second-order valence-electron chi connectivity index (χ2n) is 10.2. The standard InChI is InChI=1S/C26H34N4O5/c1-35-21-10-6-5-9-17(21)13-22(31)29-12-11-19-23(29)26(34)30-15-18(14-20(30)25(33)28-19)27-24(32)16-7-3-2-4-8-16/h5-6,9-10,16,18-20,23H,2-4,7-8,11-15H2,1H3,(H,27,32)(H,28,33)/t18-,19-,20+,23-/m0/s1. The van der Waals surface area contributed by atoms with Gasteiger partial charge in [0, 0.05) is 30.6 Å². The van der Waals surface area contributed by atoms with Crippen LogP contribution in [0.25, 0.3) is 0 Å². The maximum atomic E-state index is 13.7. The molecule has 3 aliphatic heterocycles. The van der Waals surface area contributed by atoms with Gasteiger partial charge in [-0.2, -0.15) is 0 Å². The van der Waals surface area contributed by atoms with Crippen LogP contribution in [0.3, 0.4) is 0 Å². The number of ether oxygens (including phenoxy) is 1. The number of hydrogen-bond donors (Lipinski definition) is 2. The topological polar surface area (TPSA) is 108 Å². The van der Waals surface area contributed by atoms with Crippen molar-refractivity contribution in [1.29, 1.82) is 0 Å². The maximum absolute atomic E-state index is 13.7. The monoisotopic (exact) mass is 482 g/mol. The molecule has 0 spiro atoms. The quantitative estimate of drug-likeness (QED) is 0.651. The zero-order valence-electron chi connectivity index (χ0n) is 20.2. The summed E-state index contributed by atoms with van der Waals surface area (Å²) in [6, 6.07) is 5.37. The Morgan fingerprint density at radius 2 is 1.89 bits per heavy atom. The molecule has 188 valence electrons. The Bertz CT molecular complexity index is 1010. The number of methoxy groups -OCH3 is 1. The first-order valence-electron chi connectivity index (χ1n) is 12.8. The summed E-state index contributed by atoms with van der Waals surface area (Å²) in [6.07, 6.45) is 6.19. The highest BCUT2D eigenvalue weighted by Crippen LogP contribution is 2.31. The molecule has 9 heteroatoms. The first-order valence-corrected chi connectivity index (χ1v) is 12.8. The molecule has 1 saturated carbocycles. The van der Waals surface area contributed by atoms with Gasteiger partial charge in [-0.3, -0.25) is 19.2 Å². The summed E-state index contributed by atoms with van der Waals surface area (Å²) in [5, 5.41) is 6.12. The van der Waals surface area contributed by atoms with E-state index < -0.39 is 18.1 Å². The van der Waals surface area contributed by atoms with Crippen molar-refractivity contribution < 1.29 is 23.9 Å². The molecule has 4 amide bonds. The Morgan fingerprint density at radius 3 is 2.66 bits per heavy atom. The van der Waals surface area contributed by atoms with Crippen LogP contribution in [0, 0.1) is 5.92 Å². The van der Waals surface area contributed by atoms with Gasteiger partial charge in [0.15, 0.2) is 0 Å². The van der Waals surface area contributed by atoms with Crippen LogP contribution in [0.5, 0.6) is 5.75 Å². The predicted molar refractivity (Wildman–Crippen MR) is 127 cm³/mol. The zero-order valence-corrected chi connectivity index (χ0v) is 20.2. The second kappa shape index (κ2) is 9.87. The van der Waals surface area contributed by atoms with Crippen LogP contribution in [0.1, 0.15) is 50.5 Å². The van der Waals surface area contributed by atoms with Crippen LogP contribution in [-0.4, -0.2) is 77.8 Å². The van der Waals surface area contributed by atoms with Gasteiger partial charge in [0.2, 0.25) is 23.6 Å². The summed E-state index contributed by atoms with van der Waals surface area (Å²) in [5.74, 6) is 0.124. The third-order valence-electron chi connectivity index (χ3n) is 8.04. The fourth-order valence-corrected chi connectivity index (χ4v) is 6.21. The SMILES string of the molecule is COc1ccccc1CC(=O)N1CC[C@@H]2NC(=O)[C@H]3C[C@H](NC(=O)C4CCCCC4)CN3C(=O)[C@H]21. The molecular weight excluding hydrogens is 448 g/mol. The van der Waals surface area contributed by atoms with Crippen molar-refractivity contribution in [1.82, 2.24) is 20.4 Å². The Hall–Kier alpha value is -3.10. The van der Waals surface area contributed by atoms with Crippen molar-refractivity contribution in [2.45, 2.75) is 75.5 Å². The zero-order chi connectivity index (χ0) is 24.5. The predicted octanol–water partition coefficient (Wildman–Crippen LogP) is 1.00. The number of fused-ring (bicyclic) bond motifs is 2. The fourth-order valence-electron chi connectivity index (χ4n) is 6.21. The van der Waals surface area contributed by atoms with Gasteiger partial charge in [-0.05, 0) is 31.7 Å². The lowest BCUT2D eigenvalue weighted by Crippen LogP contribution is -2.53. The molecule has 4 aliphatic rings. The van der Waals surface area contributed by atoms with Crippen LogP contribution in [0.2, 0.25) is 0 Å². The molecule has 0 aromatic heterocycles. The maximum Gasteiger partial charge on any atom is 0.248 e. The van der Waals surface area contributed by atoms with Gasteiger partial charge in [0.1, 0.15) is 17.8 Å². The average molecular weight is 483 g/mol. The lowest BCUT2D eigenvalue weighted by Gasteiger charge is -2.29. The number of rotatable bonds is 5. The summed E-state index contributed by atoms with van der Waals surface area (Å²) in [7, 11) is 1.57. The van der Waals surface area contributed by atoms with Crippen LogP contribution in [0.15, 0.2) is 24.3 Å². The smallest absolute Gasteiger partial charge is 0.248 e. The minimum absolute atomic E-state index is 0.0241. The Labute approximate surface area is 205 Å². The lowest BCUT2D eigenvalue weighted by molar-refractivity contribution is -0.144. The van der Waals surface area contributed by atoms with E-state index in [0.29, 0.717) is 31.7 Å². The van der Waals surface area contributed by atoms with Crippen LogP contribution >= 0.6 is 0 Å². The summed E-state index contributed by atoms with van der Waals surface area (Å²) >= 11 is 0. The lowest BCUT2D eigenvalue weighted by atomic mass is 9.88. The molecule has 4 fully saturated rings. The van der Waals surface area contributed by atoms with Crippen molar-refractivity contribution >= 4 is 23.6 Å². The van der Waals surface area contributed by atoms with Crippen LogP contribution in [0.4, 0.5) is 0 Å². The van der Waals surface area contributed by atoms with Gasteiger partial charge in [-0.15, -0.1) is 0 Å². The van der Waals surface area contributed by atoms with E-state index in [1.54, 1.807) is 16.9 Å². The largest absolute Gasteiger partial charge is 0.496 e. The first-order chi connectivity index (χ1) is 17.0. The molecule has 35 heavy (non-hydrogen) atoms. The van der Waals surface area contributed by atoms with E-state index >= 15 is 0 Å². The molecule has 1 aromatic rings. The number of benzene rings is 1. The number of carbonyl (C=O) groups is 4. The van der Waals surface area contributed by atoms with Gasteiger partial charge in [0.25, 0.3) is 0 Å². The average Bonchev–Trinajstić information content (AvgIpc) is 3.47. The highest BCUT2D eigenvalue weighted by Gasteiger charge is 2.52. The number of amides is 4. The second-order valence-corrected chi connectivity index (χ2v) is 10.2. The van der Waals surface area contributed by atoms with Crippen molar-refractivity contribution in [3.8, 4) is 5.75 Å². The molecule has 1 aromatic carbocycles. The van der Waals surface area contributed by atoms with Crippen molar-refractivity contribution in [2.75, 3.05) is 20.2 Å². The molecule has 0 bridgehead atoms. The van der Waals surface area contributed by atoms with Gasteiger partial charge >= 0.3 is 0 Å². The molecule has 4 atom stereocenters. The summed E-state index contributed by atoms with van der Waals surface area (Å²) in [5.41, 5.74) is 0.762. The minimum atomic E-state index is -0.723. The molecule has 2 N–H and O–H groups in total. The third kappa shape index (κ3) is 4.60. The Morgan fingerprint density at radius 1 is 1.11 bits per heavy atom. The molecule has 3 saturated heterocycles. The van der Waals surface area contributed by atoms with Crippen LogP contribution < -0.4 is 15.4 Å². The van der Waals surface area contributed by atoms with E-state index in [2.05, 4.69) is 10.6 Å². The third-order valence-corrected chi connectivity index (χ3v) is 8.04. The van der Waals surface area contributed by atoms with E-state index in [-0.39, 0.29) is 42.0 Å². The van der Waals surface area contributed by atoms with Crippen molar-refractivity contribution in [2.24, 2.45) is 5.92 Å².